The smallest absolute Gasteiger partial charge is 0.387 e. The number of aromatic nitrogens is 12. The lowest BCUT2D eigenvalue weighted by Crippen LogP contribution is -2.45. The van der Waals surface area contributed by atoms with Crippen molar-refractivity contribution in [1.29, 1.82) is 0 Å². The van der Waals surface area contributed by atoms with Gasteiger partial charge in [0.25, 0.3) is 17.1 Å². The Bertz CT molecular complexity index is 3370. The largest absolute Gasteiger partial charge is 0.490 e. The zero-order valence-corrected chi connectivity index (χ0v) is 43.2. The quantitative estimate of drug-likeness (QED) is 0.0141. The van der Waals surface area contributed by atoms with Crippen LogP contribution in [0.5, 0.6) is 0 Å². The monoisotopic (exact) mass is 1150 g/mol. The molecule has 0 bridgehead atoms. The number of phosphoric acid groups is 3. The first kappa shape index (κ1) is 55.8. The van der Waals surface area contributed by atoms with Gasteiger partial charge in [-0.2, -0.15) is 13.6 Å². The predicted molar refractivity (Wildman–Crippen MR) is 255 cm³/mol. The molecule has 3 aliphatic heterocycles. The van der Waals surface area contributed by atoms with Crippen LogP contribution in [-0.4, -0.2) is 178 Å². The van der Waals surface area contributed by atoms with E-state index in [1.807, 2.05) is 0 Å². The first-order chi connectivity index (χ1) is 36.0. The van der Waals surface area contributed by atoms with Crippen molar-refractivity contribution in [2.45, 2.75) is 73.1 Å². The second-order valence-corrected chi connectivity index (χ2v) is 23.0. The molecule has 14 N–H and O–H groups in total. The number of aryl methyl sites for hydroxylation is 1. The normalized spacial score (nSPS) is 29.4. The molecule has 4 unspecified atom stereocenters. The molecule has 6 aromatic heterocycles. The summed E-state index contributed by atoms with van der Waals surface area (Å²) in [5.41, 5.74) is 16.6. The van der Waals surface area contributed by atoms with Crippen molar-refractivity contribution >= 4 is 86.4 Å². The van der Waals surface area contributed by atoms with E-state index in [1.165, 1.54) is 64.8 Å². The minimum Gasteiger partial charge on any atom is -0.387 e. The van der Waals surface area contributed by atoms with Crippen LogP contribution in [0.15, 0.2) is 34.9 Å². The number of anilines is 3. The van der Waals surface area contributed by atoms with E-state index in [0.29, 0.717) is 0 Å². The minimum absolute atomic E-state index is 0.0161. The van der Waals surface area contributed by atoms with Crippen molar-refractivity contribution in [2.24, 2.45) is 13.0 Å². The Morgan fingerprint density at radius 2 is 1.41 bits per heavy atom. The molecule has 0 amide bonds. The van der Waals surface area contributed by atoms with Crippen LogP contribution in [0, 0.1) is 5.92 Å². The average Bonchev–Trinajstić information content (AvgIpc) is 4.22. The van der Waals surface area contributed by atoms with Gasteiger partial charge in [-0.25, -0.2) is 38.2 Å². The fourth-order valence-electron chi connectivity index (χ4n) is 9.00. The van der Waals surface area contributed by atoms with E-state index in [1.54, 1.807) is 0 Å². The molecule has 76 heavy (non-hydrogen) atoms. The Balaban J connectivity index is 0.846. The third kappa shape index (κ3) is 11.3. The van der Waals surface area contributed by atoms with Crippen LogP contribution in [0.3, 0.4) is 0 Å². The van der Waals surface area contributed by atoms with E-state index < -0.39 is 120 Å². The van der Waals surface area contributed by atoms with Gasteiger partial charge < -0.3 is 75.6 Å². The molecule has 3 aliphatic rings. The summed E-state index contributed by atoms with van der Waals surface area (Å²) >= 11 is 1.01. The lowest BCUT2D eigenvalue weighted by Gasteiger charge is -2.24. The molecule has 9 rings (SSSR count). The number of H-pyrrole nitrogens is 2. The number of aliphatic hydroxyl groups excluding tert-OH is 3. The van der Waals surface area contributed by atoms with E-state index in [4.69, 9.17) is 54.7 Å². The number of nitrogens with zero attached hydrogens (tertiary/aromatic N) is 10. The Labute approximate surface area is 429 Å². The number of aliphatic hydroxyl groups is 3. The van der Waals surface area contributed by atoms with E-state index in [-0.39, 0.29) is 76.8 Å². The highest BCUT2D eigenvalue weighted by atomic mass is 32.2. The number of imidazole rings is 3. The number of nitrogen functional groups attached to an aromatic ring is 3. The summed E-state index contributed by atoms with van der Waals surface area (Å²) < 4.78 is 98.9. The lowest BCUT2D eigenvalue weighted by atomic mass is 9.95. The van der Waals surface area contributed by atoms with Gasteiger partial charge >= 0.3 is 29.1 Å². The molecule has 416 valence electrons. The summed E-state index contributed by atoms with van der Waals surface area (Å²) in [4.78, 5) is 86.1. The summed E-state index contributed by atoms with van der Waals surface area (Å²) in [6.45, 7) is -2.03. The molecule has 3 saturated heterocycles. The number of aromatic amines is 2. The van der Waals surface area contributed by atoms with Gasteiger partial charge in [-0.1, -0.05) is 4.98 Å². The molecule has 0 spiro atoms. The molecular formula is C36H51N15O21P3S+. The molecule has 40 heteroatoms. The summed E-state index contributed by atoms with van der Waals surface area (Å²) in [5.74, 6) is -1.54. The average molecular weight is 1150 g/mol. The summed E-state index contributed by atoms with van der Waals surface area (Å²) in [6, 6.07) is 0. The molecule has 9 heterocycles. The minimum atomic E-state index is -6.05. The van der Waals surface area contributed by atoms with Crippen LogP contribution in [0.1, 0.15) is 25.1 Å². The van der Waals surface area contributed by atoms with Crippen molar-refractivity contribution in [2.75, 3.05) is 63.8 Å². The second-order valence-electron chi connectivity index (χ2n) is 17.2. The summed E-state index contributed by atoms with van der Waals surface area (Å²) in [6.07, 6.45) is -7.53. The number of rotatable bonds is 22. The molecule has 6 aromatic rings. The zero-order valence-electron chi connectivity index (χ0n) is 39.7. The first-order valence-corrected chi connectivity index (χ1v) is 27.9. The van der Waals surface area contributed by atoms with Crippen LogP contribution in [0.4, 0.5) is 17.7 Å². The molecule has 3 fully saturated rings. The van der Waals surface area contributed by atoms with Crippen molar-refractivity contribution in [3.8, 4) is 0 Å². The van der Waals surface area contributed by atoms with Gasteiger partial charge in [0, 0.05) is 26.7 Å². The molecule has 0 aliphatic carbocycles. The Kier molecular flexibility index (Phi) is 16.2. The predicted octanol–water partition coefficient (Wildman–Crippen LogP) is -2.85. The Morgan fingerprint density at radius 3 is 2.11 bits per heavy atom. The van der Waals surface area contributed by atoms with Crippen LogP contribution in [-0.2, 0) is 66.8 Å². The highest BCUT2D eigenvalue weighted by Crippen LogP contribution is 2.68. The number of nitrogens with two attached hydrogens (primary N) is 3. The number of ether oxygens (including phenoxy) is 6. The standard InChI is InChI=1S/C36H50N15O21P3S/c1-48-12-51(29-20(48)31(56)47-36(39)45-29)32-21(52)14(4-5-63-2)15(68-32)7-66-73(57,58)71-75(61,62)72-74(59,60)67-8-17-25(24(64-3)34(70-17)49-10-42-18-26(37)40-9-41-27(18)49)76-13-65-6-16-22(53)23(54)33(69-16)50-11-43-19-28(50)44-35(38)46-30(19)55/h9-12,14-17,21-25,32-34,52-54H,4-8,13H2,1-3H3,(H10-,37,38,39,40,41,44,45,46,47,55,56,57,58,59,60,61,62)/p+1/t14-,15-,16-,17?,21-,22-,23-,24-,25-,32-,33-,34-/m1/s1. The number of thioether (sulfide) groups is 1. The first-order valence-electron chi connectivity index (χ1n) is 22.3. The molecule has 0 saturated carbocycles. The lowest BCUT2D eigenvalue weighted by molar-refractivity contribution is -0.745. The van der Waals surface area contributed by atoms with Gasteiger partial charge in [0.05, 0.1) is 62.9 Å². The maximum absolute atomic E-state index is 13.3. The van der Waals surface area contributed by atoms with Gasteiger partial charge in [-0.05, 0) is 6.42 Å². The number of nitrogens with one attached hydrogen (secondary N) is 2. The van der Waals surface area contributed by atoms with Crippen molar-refractivity contribution in [3.63, 3.8) is 0 Å². The topological polar surface area (TPSA) is 505 Å². The van der Waals surface area contributed by atoms with Gasteiger partial charge in [0.1, 0.15) is 42.4 Å². The molecule has 36 nitrogen and oxygen atoms in total. The van der Waals surface area contributed by atoms with Gasteiger partial charge in [-0.15, -0.1) is 11.8 Å². The number of hydrogen-bond donors (Lipinski definition) is 11. The van der Waals surface area contributed by atoms with Crippen molar-refractivity contribution in [1.82, 2.24) is 53.6 Å². The number of methoxy groups -OCH3 is 2. The Hall–Kier alpha value is -4.95. The molecule has 0 aromatic carbocycles. The van der Waals surface area contributed by atoms with Crippen LogP contribution in [0.25, 0.3) is 33.5 Å². The Morgan fingerprint density at radius 1 is 0.763 bits per heavy atom. The second kappa shape index (κ2) is 22.1. The van der Waals surface area contributed by atoms with Gasteiger partial charge in [-0.3, -0.25) is 42.3 Å². The third-order valence-electron chi connectivity index (χ3n) is 12.4. The molecule has 15 atom stereocenters. The number of fused-ring (bicyclic) bond motifs is 3. The summed E-state index contributed by atoms with van der Waals surface area (Å²) in [5, 5.41) is 32.3. The fourth-order valence-corrected chi connectivity index (χ4v) is 13.7. The molecule has 0 radical (unpaired) electrons. The summed E-state index contributed by atoms with van der Waals surface area (Å²) in [7, 11) is -13.2. The van der Waals surface area contributed by atoms with E-state index in [0.717, 1.165) is 11.8 Å². The fraction of sp³-hybridized carbons (Fsp3) is 0.583. The highest BCUT2D eigenvalue weighted by molar-refractivity contribution is 7.99. The van der Waals surface area contributed by atoms with E-state index in [2.05, 4.69) is 48.5 Å². The maximum Gasteiger partial charge on any atom is 0.490 e. The van der Waals surface area contributed by atoms with Crippen LogP contribution < -0.4 is 32.9 Å². The maximum atomic E-state index is 13.3. The number of hydrogen-bond acceptors (Lipinski definition) is 28. The third-order valence-corrected chi connectivity index (χ3v) is 17.9. The van der Waals surface area contributed by atoms with Crippen LogP contribution >= 0.6 is 35.2 Å². The molecular weight excluding hydrogens is 1100 g/mol. The van der Waals surface area contributed by atoms with Gasteiger partial charge in [0.15, 0.2) is 41.4 Å². The SMILES string of the molecule is COCC[C@H]1[C@@H](O)[C@H]([n+]2cn(C)c3c(=O)[nH]c(N)nc32)O[C@@H]1COP(=O)(O)OP(=O)(O)OP(=O)(O)OCC1O[C@@H](n2cnc3c(N)ncnc32)[C@H](OC)[C@@H]1SCOC[C@H]1O[C@@H](n2cnc3c(=O)[nH]c(N)nc32)[C@H](O)[C@@H]1O. The van der Waals surface area contributed by atoms with E-state index >= 15 is 0 Å². The van der Waals surface area contributed by atoms with Crippen LogP contribution in [0.2, 0.25) is 0 Å². The zero-order chi connectivity index (χ0) is 54.6. The van der Waals surface area contributed by atoms with Crippen molar-refractivity contribution in [3.05, 3.63) is 46.0 Å². The number of phosphoric ester groups is 2. The highest BCUT2D eigenvalue weighted by Gasteiger charge is 2.52. The van der Waals surface area contributed by atoms with E-state index in [9.17, 15) is 53.3 Å². The van der Waals surface area contributed by atoms with Crippen molar-refractivity contribution < 1.29 is 94.4 Å². The van der Waals surface area contributed by atoms with Gasteiger partial charge in [0.2, 0.25) is 17.7 Å².